The number of halogens is 1. The van der Waals surface area contributed by atoms with Crippen LogP contribution in [0.5, 0.6) is 0 Å². The Balaban J connectivity index is 0.00000288. The molecule has 0 atom stereocenters. The van der Waals surface area contributed by atoms with Gasteiger partial charge in [0.05, 0.1) is 18.9 Å². The normalized spacial score (nSPS) is 16.5. The van der Waals surface area contributed by atoms with Crippen LogP contribution in [0.3, 0.4) is 0 Å². The van der Waals surface area contributed by atoms with Crippen molar-refractivity contribution in [3.63, 3.8) is 0 Å². The van der Waals surface area contributed by atoms with E-state index in [1.807, 2.05) is 6.07 Å². The second kappa shape index (κ2) is 10.2. The fourth-order valence-corrected chi connectivity index (χ4v) is 2.65. The molecule has 0 bridgehead atoms. The van der Waals surface area contributed by atoms with Crippen molar-refractivity contribution in [3.8, 4) is 0 Å². The van der Waals surface area contributed by atoms with E-state index in [0.29, 0.717) is 12.5 Å². The van der Waals surface area contributed by atoms with Crippen LogP contribution in [0.4, 0.5) is 0 Å². The molecule has 0 saturated carbocycles. The highest BCUT2D eigenvalue weighted by molar-refractivity contribution is 14.0. The second-order valence-electron chi connectivity index (χ2n) is 6.58. The van der Waals surface area contributed by atoms with E-state index in [0.717, 1.165) is 56.6 Å². The van der Waals surface area contributed by atoms with Gasteiger partial charge in [0.2, 0.25) is 0 Å². The summed E-state index contributed by atoms with van der Waals surface area (Å²) in [6.45, 7) is 12.4. The van der Waals surface area contributed by atoms with E-state index in [2.05, 4.69) is 48.5 Å². The van der Waals surface area contributed by atoms with Crippen LogP contribution in [0.1, 0.15) is 57.9 Å². The van der Waals surface area contributed by atoms with Gasteiger partial charge in [-0.3, -0.25) is 0 Å². The largest absolute Gasteiger partial charge is 0.380 e. The number of guanidine groups is 1. The first kappa shape index (κ1) is 21.2. The summed E-state index contributed by atoms with van der Waals surface area (Å²) in [5.41, 5.74) is 1.25. The molecule has 2 heterocycles. The van der Waals surface area contributed by atoms with Crippen molar-refractivity contribution in [3.05, 3.63) is 17.5 Å². The summed E-state index contributed by atoms with van der Waals surface area (Å²) in [6.07, 6.45) is 2.16. The van der Waals surface area contributed by atoms with Crippen molar-refractivity contribution in [2.75, 3.05) is 26.3 Å². The standard InChI is InChI=1S/C17H30N4O2.HI/c1-5-13(6-2)15-8-14(23-21-15)9-19-16(18-7-3)20-10-17(4)11-22-12-17;/h8,13H,5-7,9-12H2,1-4H3,(H2,18,19,20);1H. The molecule has 0 unspecified atom stereocenters. The van der Waals surface area contributed by atoms with Gasteiger partial charge in [-0.05, 0) is 19.8 Å². The zero-order valence-electron chi connectivity index (χ0n) is 15.2. The molecule has 1 aromatic rings. The molecule has 1 aliphatic heterocycles. The fourth-order valence-electron chi connectivity index (χ4n) is 2.65. The number of aromatic nitrogens is 1. The van der Waals surface area contributed by atoms with Crippen molar-refractivity contribution in [2.45, 2.75) is 53.0 Å². The van der Waals surface area contributed by atoms with Crippen LogP contribution in [0.2, 0.25) is 0 Å². The lowest BCUT2D eigenvalue weighted by Crippen LogP contribution is -2.51. The summed E-state index contributed by atoms with van der Waals surface area (Å²) in [6, 6.07) is 2.03. The van der Waals surface area contributed by atoms with Gasteiger partial charge in [0.15, 0.2) is 11.7 Å². The summed E-state index contributed by atoms with van der Waals surface area (Å²) in [7, 11) is 0. The Morgan fingerprint density at radius 2 is 2.00 bits per heavy atom. The molecule has 24 heavy (non-hydrogen) atoms. The van der Waals surface area contributed by atoms with Crippen LogP contribution in [0.25, 0.3) is 0 Å². The van der Waals surface area contributed by atoms with Crippen LogP contribution in [-0.4, -0.2) is 37.4 Å². The van der Waals surface area contributed by atoms with Gasteiger partial charge in [0.25, 0.3) is 0 Å². The summed E-state index contributed by atoms with van der Waals surface area (Å²) in [5, 5.41) is 10.8. The van der Waals surface area contributed by atoms with E-state index in [-0.39, 0.29) is 29.4 Å². The van der Waals surface area contributed by atoms with E-state index in [1.165, 1.54) is 0 Å². The number of rotatable bonds is 8. The Hall–Kier alpha value is -0.830. The Morgan fingerprint density at radius 3 is 2.54 bits per heavy atom. The first-order valence-electron chi connectivity index (χ1n) is 8.65. The summed E-state index contributed by atoms with van der Waals surface area (Å²) >= 11 is 0. The number of nitrogens with one attached hydrogen (secondary N) is 2. The third-order valence-electron chi connectivity index (χ3n) is 4.30. The van der Waals surface area contributed by atoms with Gasteiger partial charge in [-0.1, -0.05) is 25.9 Å². The Morgan fingerprint density at radius 1 is 1.29 bits per heavy atom. The van der Waals surface area contributed by atoms with Crippen molar-refractivity contribution in [1.82, 2.24) is 15.8 Å². The van der Waals surface area contributed by atoms with Crippen molar-refractivity contribution < 1.29 is 9.26 Å². The van der Waals surface area contributed by atoms with Crippen molar-refractivity contribution >= 4 is 29.9 Å². The van der Waals surface area contributed by atoms with Gasteiger partial charge >= 0.3 is 0 Å². The molecule has 0 amide bonds. The van der Waals surface area contributed by atoms with Gasteiger partial charge in [-0.2, -0.15) is 0 Å². The molecule has 1 aromatic heterocycles. The molecule has 7 heteroatoms. The minimum atomic E-state index is 0. The SMILES string of the molecule is CCNC(=NCc1cc(C(CC)CC)no1)NCC1(C)COC1.I. The number of hydrogen-bond acceptors (Lipinski definition) is 4. The van der Waals surface area contributed by atoms with Gasteiger partial charge in [-0.15, -0.1) is 24.0 Å². The summed E-state index contributed by atoms with van der Waals surface area (Å²) < 4.78 is 10.7. The zero-order valence-corrected chi connectivity index (χ0v) is 17.6. The smallest absolute Gasteiger partial charge is 0.191 e. The molecule has 1 aliphatic rings. The highest BCUT2D eigenvalue weighted by Crippen LogP contribution is 2.25. The summed E-state index contributed by atoms with van der Waals surface area (Å²) in [4.78, 5) is 4.59. The highest BCUT2D eigenvalue weighted by atomic mass is 127. The Kier molecular flexibility index (Phi) is 9.04. The highest BCUT2D eigenvalue weighted by Gasteiger charge is 2.33. The molecule has 6 nitrogen and oxygen atoms in total. The third kappa shape index (κ3) is 5.91. The lowest BCUT2D eigenvalue weighted by Gasteiger charge is -2.38. The third-order valence-corrected chi connectivity index (χ3v) is 4.30. The van der Waals surface area contributed by atoms with Crippen LogP contribution in [-0.2, 0) is 11.3 Å². The predicted octanol–water partition coefficient (Wildman–Crippen LogP) is 3.29. The molecule has 2 N–H and O–H groups in total. The fraction of sp³-hybridized carbons (Fsp3) is 0.765. The van der Waals surface area contributed by atoms with E-state index < -0.39 is 0 Å². The van der Waals surface area contributed by atoms with Crippen molar-refractivity contribution in [2.24, 2.45) is 10.4 Å². The van der Waals surface area contributed by atoms with Gasteiger partial charge in [-0.25, -0.2) is 4.99 Å². The quantitative estimate of drug-likeness (QED) is 0.362. The summed E-state index contributed by atoms with van der Waals surface area (Å²) in [5.74, 6) is 2.09. The number of ether oxygens (including phenoxy) is 1. The van der Waals surface area contributed by atoms with Crippen LogP contribution >= 0.6 is 24.0 Å². The Bertz CT molecular complexity index is 510. The molecular formula is C17H31IN4O2. The molecular weight excluding hydrogens is 419 g/mol. The number of hydrogen-bond donors (Lipinski definition) is 2. The average Bonchev–Trinajstić information content (AvgIpc) is 2.98. The van der Waals surface area contributed by atoms with Gasteiger partial charge in [0, 0.05) is 30.5 Å². The van der Waals surface area contributed by atoms with E-state index in [4.69, 9.17) is 9.26 Å². The minimum absolute atomic E-state index is 0. The maximum Gasteiger partial charge on any atom is 0.191 e. The predicted molar refractivity (Wildman–Crippen MR) is 107 cm³/mol. The van der Waals surface area contributed by atoms with E-state index in [1.54, 1.807) is 0 Å². The molecule has 1 saturated heterocycles. The monoisotopic (exact) mass is 450 g/mol. The molecule has 0 radical (unpaired) electrons. The zero-order chi connectivity index (χ0) is 16.7. The lowest BCUT2D eigenvalue weighted by molar-refractivity contribution is -0.0971. The molecule has 0 spiro atoms. The maximum absolute atomic E-state index is 5.42. The molecule has 0 aliphatic carbocycles. The van der Waals surface area contributed by atoms with Crippen LogP contribution in [0.15, 0.2) is 15.6 Å². The van der Waals surface area contributed by atoms with Crippen LogP contribution < -0.4 is 10.6 Å². The molecule has 138 valence electrons. The van der Waals surface area contributed by atoms with E-state index >= 15 is 0 Å². The van der Waals surface area contributed by atoms with E-state index in [9.17, 15) is 0 Å². The minimum Gasteiger partial charge on any atom is -0.380 e. The average molecular weight is 450 g/mol. The molecule has 0 aromatic carbocycles. The van der Waals surface area contributed by atoms with Crippen molar-refractivity contribution in [1.29, 1.82) is 0 Å². The Labute approximate surface area is 162 Å². The molecule has 1 fully saturated rings. The number of nitrogens with zero attached hydrogens (tertiary/aromatic N) is 2. The topological polar surface area (TPSA) is 71.7 Å². The maximum atomic E-state index is 5.42. The van der Waals surface area contributed by atoms with Gasteiger partial charge < -0.3 is 19.9 Å². The first-order chi connectivity index (χ1) is 11.1. The molecule has 2 rings (SSSR count). The second-order valence-corrected chi connectivity index (χ2v) is 6.58. The lowest BCUT2D eigenvalue weighted by atomic mass is 9.89. The first-order valence-corrected chi connectivity index (χ1v) is 8.65. The number of aliphatic imine (C=N–C) groups is 1. The van der Waals surface area contributed by atoms with Gasteiger partial charge in [0.1, 0.15) is 6.54 Å². The van der Waals surface area contributed by atoms with Crippen LogP contribution in [0, 0.1) is 5.41 Å².